The Kier molecular flexibility index (Phi) is 3.45. The van der Waals surface area contributed by atoms with Crippen molar-refractivity contribution in [2.24, 2.45) is 0 Å². The molecule has 0 amide bonds. The summed E-state index contributed by atoms with van der Waals surface area (Å²) in [6, 6.07) is 6.89. The Morgan fingerprint density at radius 3 is 2.69 bits per heavy atom. The lowest BCUT2D eigenvalue weighted by Gasteiger charge is -2.17. The summed E-state index contributed by atoms with van der Waals surface area (Å²) >= 11 is 0. The molecule has 0 radical (unpaired) electrons. The fraction of sp³-hybridized carbons (Fsp3) is 0.467. The van der Waals surface area contributed by atoms with Crippen LogP contribution in [0.1, 0.15) is 42.9 Å². The summed E-state index contributed by atoms with van der Waals surface area (Å²) < 4.78 is 0. The molecule has 0 bridgehead atoms. The van der Waals surface area contributed by atoms with Crippen molar-refractivity contribution in [3.05, 3.63) is 41.0 Å². The van der Waals surface area contributed by atoms with Crippen molar-refractivity contribution in [1.29, 1.82) is 0 Å². The Morgan fingerprint density at radius 2 is 2.06 bits per heavy atom. The van der Waals surface area contributed by atoms with Crippen LogP contribution >= 0.6 is 0 Å². The highest BCUT2D eigenvalue weighted by Gasteiger charge is 2.09. The summed E-state index contributed by atoms with van der Waals surface area (Å²) in [4.78, 5) is 0. The van der Waals surface area contributed by atoms with Gasteiger partial charge in [-0.2, -0.15) is 0 Å². The molecule has 0 atom stereocenters. The van der Waals surface area contributed by atoms with E-state index in [0.717, 1.165) is 19.5 Å². The normalized spacial score (nSPS) is 16.4. The smallest absolute Gasteiger partial charge is 0.0140 e. The molecule has 2 rings (SSSR count). The molecule has 1 N–H and O–H groups in total. The average molecular weight is 215 g/mol. The minimum Gasteiger partial charge on any atom is -0.313 e. The fourth-order valence-corrected chi connectivity index (χ4v) is 2.35. The maximum Gasteiger partial charge on any atom is 0.0140 e. The number of benzene rings is 1. The molecule has 16 heavy (non-hydrogen) atoms. The second-order valence-electron chi connectivity index (χ2n) is 4.91. The molecule has 1 aliphatic rings. The van der Waals surface area contributed by atoms with Crippen molar-refractivity contribution in [3.63, 3.8) is 0 Å². The summed E-state index contributed by atoms with van der Waals surface area (Å²) in [5, 5.41) is 3.36. The van der Waals surface area contributed by atoms with E-state index in [0.29, 0.717) is 5.92 Å². The van der Waals surface area contributed by atoms with Crippen molar-refractivity contribution in [3.8, 4) is 0 Å². The minimum atomic E-state index is 0.613. The van der Waals surface area contributed by atoms with Crippen LogP contribution in [-0.4, -0.2) is 13.1 Å². The first-order chi connectivity index (χ1) is 7.68. The molecule has 1 aromatic rings. The SMILES string of the molecule is Cc1ccc(C2=CCNCC2)cc1C(C)C. The van der Waals surface area contributed by atoms with Crippen LogP contribution < -0.4 is 5.32 Å². The third-order valence-electron chi connectivity index (χ3n) is 3.34. The zero-order valence-corrected chi connectivity index (χ0v) is 10.5. The maximum atomic E-state index is 3.36. The zero-order valence-electron chi connectivity index (χ0n) is 10.5. The summed E-state index contributed by atoms with van der Waals surface area (Å²) in [6.07, 6.45) is 3.47. The van der Waals surface area contributed by atoms with Crippen molar-refractivity contribution in [2.45, 2.75) is 33.1 Å². The van der Waals surface area contributed by atoms with Gasteiger partial charge in [0.25, 0.3) is 0 Å². The molecule has 86 valence electrons. The van der Waals surface area contributed by atoms with Crippen LogP contribution in [0.25, 0.3) is 5.57 Å². The molecule has 0 spiro atoms. The molecule has 0 aromatic heterocycles. The second-order valence-corrected chi connectivity index (χ2v) is 4.91. The first-order valence-electron chi connectivity index (χ1n) is 6.19. The second kappa shape index (κ2) is 4.84. The van der Waals surface area contributed by atoms with Gasteiger partial charge in [-0.3, -0.25) is 0 Å². The molecule has 1 heteroatoms. The van der Waals surface area contributed by atoms with E-state index in [2.05, 4.69) is 50.4 Å². The largest absolute Gasteiger partial charge is 0.313 e. The Bertz CT molecular complexity index is 402. The number of nitrogens with one attached hydrogen (secondary N) is 1. The maximum absolute atomic E-state index is 3.36. The first-order valence-corrected chi connectivity index (χ1v) is 6.19. The van der Waals surface area contributed by atoms with Crippen LogP contribution in [0.3, 0.4) is 0 Å². The molecule has 0 saturated heterocycles. The van der Waals surface area contributed by atoms with E-state index in [1.165, 1.54) is 22.3 Å². The molecule has 1 heterocycles. The van der Waals surface area contributed by atoms with Gasteiger partial charge >= 0.3 is 0 Å². The van der Waals surface area contributed by atoms with Crippen LogP contribution in [-0.2, 0) is 0 Å². The topological polar surface area (TPSA) is 12.0 Å². The molecule has 1 aromatic carbocycles. The Balaban J connectivity index is 2.35. The van der Waals surface area contributed by atoms with E-state index >= 15 is 0 Å². The van der Waals surface area contributed by atoms with Crippen LogP contribution in [0, 0.1) is 6.92 Å². The van der Waals surface area contributed by atoms with Gasteiger partial charge in [-0.1, -0.05) is 38.1 Å². The number of hydrogen-bond acceptors (Lipinski definition) is 1. The van der Waals surface area contributed by atoms with Gasteiger partial charge in [-0.05, 0) is 48.1 Å². The van der Waals surface area contributed by atoms with E-state index in [1.54, 1.807) is 0 Å². The van der Waals surface area contributed by atoms with Gasteiger partial charge in [-0.25, -0.2) is 0 Å². The van der Waals surface area contributed by atoms with Crippen molar-refractivity contribution >= 4 is 5.57 Å². The Labute approximate surface area is 98.6 Å². The summed E-state index contributed by atoms with van der Waals surface area (Å²) in [6.45, 7) is 8.86. The quantitative estimate of drug-likeness (QED) is 0.796. The molecular formula is C15H21N. The Hall–Kier alpha value is -1.08. The number of aryl methyl sites for hydroxylation is 1. The third kappa shape index (κ3) is 2.35. The van der Waals surface area contributed by atoms with Crippen LogP contribution in [0.2, 0.25) is 0 Å². The highest BCUT2D eigenvalue weighted by Crippen LogP contribution is 2.26. The lowest BCUT2D eigenvalue weighted by Crippen LogP contribution is -2.20. The van der Waals surface area contributed by atoms with Crippen LogP contribution in [0.15, 0.2) is 24.3 Å². The highest BCUT2D eigenvalue weighted by atomic mass is 14.8. The van der Waals surface area contributed by atoms with E-state index in [-0.39, 0.29) is 0 Å². The van der Waals surface area contributed by atoms with Gasteiger partial charge in [0.15, 0.2) is 0 Å². The van der Waals surface area contributed by atoms with Crippen LogP contribution in [0.5, 0.6) is 0 Å². The van der Waals surface area contributed by atoms with Crippen LogP contribution in [0.4, 0.5) is 0 Å². The fourth-order valence-electron chi connectivity index (χ4n) is 2.35. The van der Waals surface area contributed by atoms with Gasteiger partial charge < -0.3 is 5.32 Å². The molecule has 0 fully saturated rings. The van der Waals surface area contributed by atoms with Crippen molar-refractivity contribution in [1.82, 2.24) is 5.32 Å². The summed E-state index contributed by atoms with van der Waals surface area (Å²) in [5.41, 5.74) is 5.81. The van der Waals surface area contributed by atoms with Gasteiger partial charge in [-0.15, -0.1) is 0 Å². The van der Waals surface area contributed by atoms with Crippen molar-refractivity contribution in [2.75, 3.05) is 13.1 Å². The van der Waals surface area contributed by atoms with E-state index in [1.807, 2.05) is 0 Å². The predicted molar refractivity (Wildman–Crippen MR) is 70.7 cm³/mol. The minimum absolute atomic E-state index is 0.613. The Morgan fingerprint density at radius 1 is 1.25 bits per heavy atom. The third-order valence-corrected chi connectivity index (χ3v) is 3.34. The first kappa shape index (κ1) is 11.4. The summed E-state index contributed by atoms with van der Waals surface area (Å²) in [7, 11) is 0. The molecular weight excluding hydrogens is 194 g/mol. The standard InChI is InChI=1S/C15H21N/c1-11(2)15-10-14(5-4-12(15)3)13-6-8-16-9-7-13/h4-6,10-11,16H,7-9H2,1-3H3. The predicted octanol–water partition coefficient (Wildman–Crippen LogP) is 3.50. The monoisotopic (exact) mass is 215 g/mol. The van der Waals surface area contributed by atoms with Gasteiger partial charge in [0.2, 0.25) is 0 Å². The van der Waals surface area contributed by atoms with E-state index in [4.69, 9.17) is 0 Å². The van der Waals surface area contributed by atoms with E-state index < -0.39 is 0 Å². The van der Waals surface area contributed by atoms with E-state index in [9.17, 15) is 0 Å². The molecule has 1 aliphatic heterocycles. The molecule has 1 nitrogen and oxygen atoms in total. The molecule has 0 saturated carbocycles. The summed E-state index contributed by atoms with van der Waals surface area (Å²) in [5.74, 6) is 0.613. The molecule has 0 aliphatic carbocycles. The zero-order chi connectivity index (χ0) is 11.5. The number of rotatable bonds is 2. The average Bonchev–Trinajstić information content (AvgIpc) is 2.30. The highest BCUT2D eigenvalue weighted by molar-refractivity contribution is 5.67. The number of hydrogen-bond donors (Lipinski definition) is 1. The van der Waals surface area contributed by atoms with Gasteiger partial charge in [0.05, 0.1) is 0 Å². The van der Waals surface area contributed by atoms with Gasteiger partial charge in [0, 0.05) is 6.54 Å². The molecule has 0 unspecified atom stereocenters. The van der Waals surface area contributed by atoms with Crippen molar-refractivity contribution < 1.29 is 0 Å². The lowest BCUT2D eigenvalue weighted by molar-refractivity contribution is 0.738. The van der Waals surface area contributed by atoms with Gasteiger partial charge in [0.1, 0.15) is 0 Å². The lowest BCUT2D eigenvalue weighted by atomic mass is 9.92.